The highest BCUT2D eigenvalue weighted by atomic mass is 15.0. The van der Waals surface area contributed by atoms with Crippen molar-refractivity contribution in [1.29, 1.82) is 0 Å². The van der Waals surface area contributed by atoms with Crippen molar-refractivity contribution in [3.63, 3.8) is 0 Å². The van der Waals surface area contributed by atoms with Gasteiger partial charge in [-0.05, 0) is 28.2 Å². The fourth-order valence-corrected chi connectivity index (χ4v) is 3.01. The highest BCUT2D eigenvalue weighted by Gasteiger charge is 2.31. The number of benzene rings is 1. The van der Waals surface area contributed by atoms with Gasteiger partial charge in [-0.1, -0.05) is 54.3 Å². The summed E-state index contributed by atoms with van der Waals surface area (Å²) in [5.74, 6) is 0. The molecule has 17 heavy (non-hydrogen) atoms. The van der Waals surface area contributed by atoms with Crippen molar-refractivity contribution < 1.29 is 0 Å². The lowest BCUT2D eigenvalue weighted by molar-refractivity contribution is 0.636. The molecule has 0 saturated heterocycles. The minimum absolute atomic E-state index is 0.580. The van der Waals surface area contributed by atoms with Gasteiger partial charge in [-0.25, -0.2) is 0 Å². The van der Waals surface area contributed by atoms with Crippen LogP contribution in [0.25, 0.3) is 0 Å². The maximum Gasteiger partial charge on any atom is 0.256 e. The summed E-state index contributed by atoms with van der Waals surface area (Å²) in [5.41, 5.74) is 3.04. The zero-order valence-corrected chi connectivity index (χ0v) is 11.5. The van der Waals surface area contributed by atoms with E-state index < -0.39 is 0 Å². The van der Waals surface area contributed by atoms with Gasteiger partial charge in [0, 0.05) is 0 Å². The van der Waals surface area contributed by atoms with Gasteiger partial charge in [-0.3, -0.25) is 0 Å². The summed E-state index contributed by atoms with van der Waals surface area (Å²) in [5, 5.41) is 0. The third kappa shape index (κ3) is 2.58. The Morgan fingerprint density at radius 1 is 0.824 bits per heavy atom. The molecule has 2 rings (SSSR count). The standard InChI is InChI=1S/C13H22B2N2/c1-16(2)14-10-7-11-15(17(3)4)13-9-6-5-8-12(13)14/h5-6,8-9H,7,10-11H2,1-4H3. The molecule has 0 aliphatic carbocycles. The highest BCUT2D eigenvalue weighted by molar-refractivity contribution is 6.82. The molecule has 2 nitrogen and oxygen atoms in total. The Labute approximate surface area is 106 Å². The molecular weight excluding hydrogens is 206 g/mol. The quantitative estimate of drug-likeness (QED) is 0.684. The lowest BCUT2D eigenvalue weighted by atomic mass is 9.46. The summed E-state index contributed by atoms with van der Waals surface area (Å²) in [7, 11) is 8.77. The van der Waals surface area contributed by atoms with Gasteiger partial charge in [-0.15, -0.1) is 0 Å². The van der Waals surface area contributed by atoms with Crippen LogP contribution < -0.4 is 10.9 Å². The van der Waals surface area contributed by atoms with Gasteiger partial charge in [0.2, 0.25) is 0 Å². The van der Waals surface area contributed by atoms with Crippen molar-refractivity contribution in [3.8, 4) is 0 Å². The molecule has 0 bridgehead atoms. The number of rotatable bonds is 2. The molecule has 0 saturated carbocycles. The van der Waals surface area contributed by atoms with Crippen molar-refractivity contribution in [2.75, 3.05) is 28.2 Å². The van der Waals surface area contributed by atoms with Crippen LogP contribution in [0.1, 0.15) is 6.42 Å². The molecule has 0 aromatic heterocycles. The van der Waals surface area contributed by atoms with Crippen molar-refractivity contribution in [3.05, 3.63) is 24.3 Å². The Hall–Kier alpha value is -0.730. The van der Waals surface area contributed by atoms with Crippen LogP contribution >= 0.6 is 0 Å². The second-order valence-electron chi connectivity index (χ2n) is 5.52. The lowest BCUT2D eigenvalue weighted by Crippen LogP contribution is -2.56. The lowest BCUT2D eigenvalue weighted by Gasteiger charge is -2.24. The molecule has 1 aromatic rings. The molecule has 1 aromatic carbocycles. The average Bonchev–Trinajstić information content (AvgIpc) is 2.48. The number of hydrogen-bond donors (Lipinski definition) is 0. The minimum atomic E-state index is 0.580. The zero-order chi connectivity index (χ0) is 12.4. The monoisotopic (exact) mass is 228 g/mol. The van der Waals surface area contributed by atoms with E-state index in [0.717, 1.165) is 0 Å². The van der Waals surface area contributed by atoms with E-state index in [4.69, 9.17) is 0 Å². The Morgan fingerprint density at radius 3 is 1.59 bits per heavy atom. The van der Waals surface area contributed by atoms with E-state index in [9.17, 15) is 0 Å². The van der Waals surface area contributed by atoms with Gasteiger partial charge in [0.15, 0.2) is 0 Å². The second-order valence-corrected chi connectivity index (χ2v) is 5.52. The molecule has 0 spiro atoms. The smallest absolute Gasteiger partial charge is 0.256 e. The van der Waals surface area contributed by atoms with Crippen LogP contribution in [0.4, 0.5) is 0 Å². The zero-order valence-electron chi connectivity index (χ0n) is 11.5. The molecule has 0 fully saturated rings. The Morgan fingerprint density at radius 2 is 1.24 bits per heavy atom. The van der Waals surface area contributed by atoms with E-state index in [1.165, 1.54) is 30.0 Å². The van der Waals surface area contributed by atoms with Crippen molar-refractivity contribution in [2.45, 2.75) is 19.1 Å². The van der Waals surface area contributed by atoms with E-state index >= 15 is 0 Å². The third-order valence-corrected chi connectivity index (χ3v) is 3.92. The van der Waals surface area contributed by atoms with Crippen LogP contribution in [0.5, 0.6) is 0 Å². The number of nitrogens with zero attached hydrogens (tertiary/aromatic N) is 2. The molecule has 0 amide bonds. The van der Waals surface area contributed by atoms with Gasteiger partial charge < -0.3 is 9.62 Å². The van der Waals surface area contributed by atoms with E-state index in [2.05, 4.69) is 62.1 Å². The molecular formula is C13H22B2N2. The average molecular weight is 228 g/mol. The van der Waals surface area contributed by atoms with E-state index in [-0.39, 0.29) is 0 Å². The van der Waals surface area contributed by atoms with Gasteiger partial charge in [0.25, 0.3) is 13.7 Å². The highest BCUT2D eigenvalue weighted by Crippen LogP contribution is 2.13. The summed E-state index contributed by atoms with van der Waals surface area (Å²) in [4.78, 5) is 4.72. The Balaban J connectivity index is 2.44. The molecule has 90 valence electrons. The van der Waals surface area contributed by atoms with E-state index in [1.807, 2.05) is 0 Å². The largest absolute Gasteiger partial charge is 0.344 e. The summed E-state index contributed by atoms with van der Waals surface area (Å²) in [6.07, 6.45) is 3.85. The summed E-state index contributed by atoms with van der Waals surface area (Å²) >= 11 is 0. The van der Waals surface area contributed by atoms with E-state index in [0.29, 0.717) is 13.7 Å². The number of fused-ring (bicyclic) bond motifs is 1. The van der Waals surface area contributed by atoms with E-state index in [1.54, 1.807) is 0 Å². The molecule has 1 heterocycles. The second kappa shape index (κ2) is 5.28. The maximum absolute atomic E-state index is 2.36. The predicted molar refractivity (Wildman–Crippen MR) is 78.8 cm³/mol. The van der Waals surface area contributed by atoms with Crippen LogP contribution in [0, 0.1) is 0 Å². The molecule has 0 N–H and O–H groups in total. The predicted octanol–water partition coefficient (Wildman–Crippen LogP) is 0.610. The third-order valence-electron chi connectivity index (χ3n) is 3.92. The van der Waals surface area contributed by atoms with Crippen molar-refractivity contribution >= 4 is 24.6 Å². The molecule has 0 atom stereocenters. The maximum atomic E-state index is 2.36. The topological polar surface area (TPSA) is 6.48 Å². The fourth-order valence-electron chi connectivity index (χ4n) is 3.01. The number of hydrogen-bond acceptors (Lipinski definition) is 2. The molecule has 0 radical (unpaired) electrons. The minimum Gasteiger partial charge on any atom is -0.344 e. The first-order valence-corrected chi connectivity index (χ1v) is 6.53. The molecule has 0 unspecified atom stereocenters. The van der Waals surface area contributed by atoms with Crippen molar-refractivity contribution in [1.82, 2.24) is 9.62 Å². The normalized spacial score (nSPS) is 16.4. The van der Waals surface area contributed by atoms with Gasteiger partial charge in [0.1, 0.15) is 0 Å². The Bertz CT molecular complexity index is 344. The van der Waals surface area contributed by atoms with Gasteiger partial charge in [-0.2, -0.15) is 0 Å². The summed E-state index contributed by atoms with van der Waals surface area (Å²) in [6, 6.07) is 8.96. The summed E-state index contributed by atoms with van der Waals surface area (Å²) < 4.78 is 0. The summed E-state index contributed by atoms with van der Waals surface area (Å²) in [6.45, 7) is 1.16. The van der Waals surface area contributed by atoms with Crippen LogP contribution in [0.15, 0.2) is 24.3 Å². The first-order valence-electron chi connectivity index (χ1n) is 6.53. The molecule has 1 aliphatic rings. The van der Waals surface area contributed by atoms with Crippen molar-refractivity contribution in [2.24, 2.45) is 0 Å². The van der Waals surface area contributed by atoms with Crippen LogP contribution in [0.2, 0.25) is 12.6 Å². The Kier molecular flexibility index (Phi) is 3.95. The van der Waals surface area contributed by atoms with Crippen LogP contribution in [-0.4, -0.2) is 51.5 Å². The van der Waals surface area contributed by atoms with Gasteiger partial charge in [0.05, 0.1) is 0 Å². The van der Waals surface area contributed by atoms with Crippen LogP contribution in [-0.2, 0) is 0 Å². The van der Waals surface area contributed by atoms with Gasteiger partial charge >= 0.3 is 0 Å². The van der Waals surface area contributed by atoms with Crippen LogP contribution in [0.3, 0.4) is 0 Å². The first kappa shape index (κ1) is 12.7. The molecule has 1 aliphatic heterocycles. The fraction of sp³-hybridized carbons (Fsp3) is 0.538. The SMILES string of the molecule is CN(C)B1CCCB(N(C)C)c2ccccc21. The molecule has 4 heteroatoms. The first-order chi connectivity index (χ1) is 8.11.